The second-order valence-electron chi connectivity index (χ2n) is 4.90. The lowest BCUT2D eigenvalue weighted by molar-refractivity contribution is 0.823. The molecule has 0 saturated heterocycles. The molecule has 2 aromatic carbocycles. The smallest absolute Gasteiger partial charge is 0.147 e. The Hall–Kier alpha value is -1.31. The lowest BCUT2D eigenvalue weighted by Crippen LogP contribution is -2.28. The maximum absolute atomic E-state index is 6.92. The first kappa shape index (κ1) is 15.1. The second-order valence-corrected chi connectivity index (χ2v) is 5.83. The van der Waals surface area contributed by atoms with Gasteiger partial charge in [0.05, 0.1) is 0 Å². The van der Waals surface area contributed by atoms with Gasteiger partial charge in [0, 0.05) is 6.04 Å². The molecule has 0 spiro atoms. The quantitative estimate of drug-likeness (QED) is 0.543. The van der Waals surface area contributed by atoms with E-state index in [4.69, 9.17) is 23.2 Å². The minimum absolute atomic E-state index is 0.0908. The highest BCUT2D eigenvalue weighted by atomic mass is 35.5. The van der Waals surface area contributed by atoms with Crippen LogP contribution in [0.15, 0.2) is 65.7 Å². The lowest BCUT2D eigenvalue weighted by Gasteiger charge is -2.27. The molecule has 3 heteroatoms. The number of hydrogen-bond acceptors (Lipinski definition) is 1. The first-order chi connectivity index (χ1) is 9.55. The molecule has 0 fully saturated rings. The Labute approximate surface area is 130 Å². The van der Waals surface area contributed by atoms with Gasteiger partial charge in [-0.3, -0.25) is 4.99 Å². The summed E-state index contributed by atoms with van der Waals surface area (Å²) in [5.41, 5.74) is 1.84. The van der Waals surface area contributed by atoms with E-state index in [1.165, 1.54) is 0 Å². The number of aliphatic imine (C=N–C) groups is 1. The van der Waals surface area contributed by atoms with E-state index in [2.05, 4.69) is 4.99 Å². The number of benzene rings is 2. The van der Waals surface area contributed by atoms with Crippen molar-refractivity contribution in [2.45, 2.75) is 24.8 Å². The zero-order valence-electron chi connectivity index (χ0n) is 11.6. The summed E-state index contributed by atoms with van der Waals surface area (Å²) in [6, 6.07) is 19.7. The predicted octanol–water partition coefficient (Wildman–Crippen LogP) is 5.21. The summed E-state index contributed by atoms with van der Waals surface area (Å²) < 4.78 is 0. The molecule has 0 amide bonds. The van der Waals surface area contributed by atoms with Crippen molar-refractivity contribution >= 4 is 28.4 Å². The molecule has 0 N–H and O–H groups in total. The molecule has 0 saturated carbocycles. The first-order valence-corrected chi connectivity index (χ1v) is 7.34. The van der Waals surface area contributed by atoms with Crippen LogP contribution in [-0.2, 0) is 4.87 Å². The summed E-state index contributed by atoms with van der Waals surface area (Å²) in [7, 11) is 0. The molecule has 0 bridgehead atoms. The number of alkyl halides is 1. The molecule has 0 unspecified atom stereocenters. The van der Waals surface area contributed by atoms with Gasteiger partial charge in [0.15, 0.2) is 0 Å². The molecule has 0 heterocycles. The van der Waals surface area contributed by atoms with E-state index in [9.17, 15) is 0 Å². The van der Waals surface area contributed by atoms with Crippen LogP contribution in [0.4, 0.5) is 0 Å². The molecule has 0 aliphatic heterocycles. The van der Waals surface area contributed by atoms with Crippen molar-refractivity contribution in [1.82, 2.24) is 0 Å². The zero-order valence-corrected chi connectivity index (χ0v) is 13.1. The largest absolute Gasteiger partial charge is 0.272 e. The van der Waals surface area contributed by atoms with Gasteiger partial charge < -0.3 is 0 Å². The molecular formula is C17H17Cl2N. The molecule has 0 atom stereocenters. The number of hydrogen-bond donors (Lipinski definition) is 0. The van der Waals surface area contributed by atoms with Crippen LogP contribution in [0.3, 0.4) is 0 Å². The van der Waals surface area contributed by atoms with Crippen LogP contribution in [0.1, 0.15) is 25.0 Å². The molecular weight excluding hydrogens is 289 g/mol. The Morgan fingerprint density at radius 1 is 0.900 bits per heavy atom. The van der Waals surface area contributed by atoms with Crippen molar-refractivity contribution in [1.29, 1.82) is 0 Å². The van der Waals surface area contributed by atoms with Gasteiger partial charge in [-0.2, -0.15) is 0 Å². The van der Waals surface area contributed by atoms with Crippen molar-refractivity contribution in [3.05, 3.63) is 71.8 Å². The number of rotatable bonds is 4. The SMILES string of the molecule is CC(C)N=C(Cl)C(Cl)(c1ccccc1)c1ccccc1. The van der Waals surface area contributed by atoms with Gasteiger partial charge in [0.25, 0.3) is 0 Å². The van der Waals surface area contributed by atoms with Gasteiger partial charge in [0.1, 0.15) is 10.0 Å². The molecule has 0 radical (unpaired) electrons. The Morgan fingerprint density at radius 3 is 1.65 bits per heavy atom. The minimum atomic E-state index is -0.936. The van der Waals surface area contributed by atoms with Gasteiger partial charge >= 0.3 is 0 Å². The van der Waals surface area contributed by atoms with Gasteiger partial charge in [-0.05, 0) is 25.0 Å². The van der Waals surface area contributed by atoms with Crippen molar-refractivity contribution in [3.63, 3.8) is 0 Å². The third-order valence-electron chi connectivity index (χ3n) is 3.00. The third kappa shape index (κ3) is 3.05. The fourth-order valence-electron chi connectivity index (χ4n) is 2.06. The molecule has 2 rings (SSSR count). The number of nitrogens with zero attached hydrogens (tertiary/aromatic N) is 1. The van der Waals surface area contributed by atoms with Crippen LogP contribution >= 0.6 is 23.2 Å². The Morgan fingerprint density at radius 2 is 1.30 bits per heavy atom. The summed E-state index contributed by atoms with van der Waals surface area (Å²) in [5.74, 6) is 0. The Kier molecular flexibility index (Phi) is 4.85. The fraction of sp³-hybridized carbons (Fsp3) is 0.235. The summed E-state index contributed by atoms with van der Waals surface area (Å²) >= 11 is 13.4. The monoisotopic (exact) mass is 305 g/mol. The van der Waals surface area contributed by atoms with Crippen LogP contribution in [0, 0.1) is 0 Å². The molecule has 0 aromatic heterocycles. The molecule has 0 aliphatic carbocycles. The summed E-state index contributed by atoms with van der Waals surface area (Å²) in [4.78, 5) is 3.52. The standard InChI is InChI=1S/C17H17Cl2N/c1-13(2)20-16(18)17(19,14-9-5-3-6-10-14)15-11-7-4-8-12-15/h3-13H,1-2H3. The Balaban J connectivity index is 2.61. The maximum atomic E-state index is 6.92. The predicted molar refractivity (Wildman–Crippen MR) is 87.9 cm³/mol. The van der Waals surface area contributed by atoms with Gasteiger partial charge in [-0.15, -0.1) is 11.6 Å². The maximum Gasteiger partial charge on any atom is 0.147 e. The average Bonchev–Trinajstić information content (AvgIpc) is 2.47. The van der Waals surface area contributed by atoms with Crippen molar-refractivity contribution in [3.8, 4) is 0 Å². The van der Waals surface area contributed by atoms with Crippen LogP contribution in [-0.4, -0.2) is 11.2 Å². The second kappa shape index (κ2) is 6.43. The van der Waals surface area contributed by atoms with Crippen LogP contribution in [0.5, 0.6) is 0 Å². The van der Waals surface area contributed by atoms with Crippen molar-refractivity contribution in [2.75, 3.05) is 0 Å². The lowest BCUT2D eigenvalue weighted by atomic mass is 9.91. The summed E-state index contributed by atoms with van der Waals surface area (Å²) in [6.07, 6.45) is 0. The highest BCUT2D eigenvalue weighted by Crippen LogP contribution is 2.39. The molecule has 104 valence electrons. The highest BCUT2D eigenvalue weighted by Gasteiger charge is 2.36. The fourth-order valence-corrected chi connectivity index (χ4v) is 2.77. The van der Waals surface area contributed by atoms with E-state index in [0.29, 0.717) is 5.17 Å². The average molecular weight is 306 g/mol. The van der Waals surface area contributed by atoms with E-state index >= 15 is 0 Å². The first-order valence-electron chi connectivity index (χ1n) is 6.59. The van der Waals surface area contributed by atoms with E-state index in [0.717, 1.165) is 11.1 Å². The molecule has 0 aliphatic rings. The minimum Gasteiger partial charge on any atom is -0.272 e. The van der Waals surface area contributed by atoms with Crippen LogP contribution < -0.4 is 0 Å². The van der Waals surface area contributed by atoms with Gasteiger partial charge in [-0.1, -0.05) is 72.3 Å². The van der Waals surface area contributed by atoms with Crippen molar-refractivity contribution in [2.24, 2.45) is 4.99 Å². The number of halogens is 2. The topological polar surface area (TPSA) is 12.4 Å². The molecule has 1 nitrogen and oxygen atoms in total. The van der Waals surface area contributed by atoms with Gasteiger partial charge in [-0.25, -0.2) is 0 Å². The zero-order chi connectivity index (χ0) is 14.6. The Bertz CT molecular complexity index is 537. The molecule has 2 aromatic rings. The van der Waals surface area contributed by atoms with E-state index in [1.807, 2.05) is 74.5 Å². The van der Waals surface area contributed by atoms with Crippen LogP contribution in [0.2, 0.25) is 0 Å². The van der Waals surface area contributed by atoms with E-state index in [-0.39, 0.29) is 6.04 Å². The highest BCUT2D eigenvalue weighted by molar-refractivity contribution is 6.72. The van der Waals surface area contributed by atoms with Gasteiger partial charge in [0.2, 0.25) is 0 Å². The summed E-state index contributed by atoms with van der Waals surface area (Å²) in [5, 5.41) is 0.395. The van der Waals surface area contributed by atoms with Crippen molar-refractivity contribution < 1.29 is 0 Å². The summed E-state index contributed by atoms with van der Waals surface area (Å²) in [6.45, 7) is 3.96. The van der Waals surface area contributed by atoms with E-state index < -0.39 is 4.87 Å². The molecule has 20 heavy (non-hydrogen) atoms. The third-order valence-corrected chi connectivity index (χ3v) is 4.09. The van der Waals surface area contributed by atoms with Crippen LogP contribution in [0.25, 0.3) is 0 Å². The van der Waals surface area contributed by atoms with E-state index in [1.54, 1.807) is 0 Å². The normalized spacial score (nSPS) is 12.8.